The molecule has 0 radical (unpaired) electrons. The topological polar surface area (TPSA) is 61.7 Å². The number of carbonyl (C=O) groups is 1. The van der Waals surface area contributed by atoms with Gasteiger partial charge in [0, 0.05) is 50.7 Å². The molecule has 0 atom stereocenters. The molecule has 1 aromatic carbocycles. The van der Waals surface area contributed by atoms with E-state index in [9.17, 15) is 22.8 Å². The molecule has 3 aromatic rings. The lowest BCUT2D eigenvalue weighted by molar-refractivity contribution is -0.137. The highest BCUT2D eigenvalue weighted by Crippen LogP contribution is 2.34. The number of aromatic nitrogens is 2. The summed E-state index contributed by atoms with van der Waals surface area (Å²) in [6, 6.07) is 5.23. The van der Waals surface area contributed by atoms with Gasteiger partial charge in [-0.15, -0.1) is 11.3 Å². The van der Waals surface area contributed by atoms with Gasteiger partial charge in [0.05, 0.1) is 22.2 Å². The average Bonchev–Trinajstić information content (AvgIpc) is 3.22. The van der Waals surface area contributed by atoms with Crippen LogP contribution in [0.25, 0.3) is 15.9 Å². The van der Waals surface area contributed by atoms with Crippen LogP contribution in [0, 0.1) is 6.92 Å². The third-order valence-electron chi connectivity index (χ3n) is 6.82. The van der Waals surface area contributed by atoms with Crippen molar-refractivity contribution >= 4 is 38.8 Å². The summed E-state index contributed by atoms with van der Waals surface area (Å²) in [4.78, 5) is 37.5. The van der Waals surface area contributed by atoms with Crippen LogP contribution in [-0.2, 0) is 17.5 Å². The Bertz CT molecular complexity index is 1350. The molecule has 0 aliphatic carbocycles. The lowest BCUT2D eigenvalue weighted by Crippen LogP contribution is -2.45. The van der Waals surface area contributed by atoms with Gasteiger partial charge in [0.1, 0.15) is 11.4 Å². The van der Waals surface area contributed by atoms with E-state index in [4.69, 9.17) is 0 Å². The average molecular weight is 534 g/mol. The van der Waals surface area contributed by atoms with Crippen LogP contribution in [0.4, 0.5) is 18.9 Å². The van der Waals surface area contributed by atoms with Gasteiger partial charge in [-0.2, -0.15) is 13.2 Å². The first-order valence-corrected chi connectivity index (χ1v) is 13.0. The standard InChI is InChI=1S/C26H30F3N5O2S/c1-5-31(6-2)21(35)15-34-16-30-24-22(25(34)36)17(3)23(37-24)18(4)32-11-13-33(14-12-32)20-9-7-19(8-10-20)26(27,28)29/h7-10,16H,4-6,11-15H2,1-3H3. The van der Waals surface area contributed by atoms with Gasteiger partial charge in [0.25, 0.3) is 5.56 Å². The predicted octanol–water partition coefficient (Wildman–Crippen LogP) is 4.45. The highest BCUT2D eigenvalue weighted by Gasteiger charge is 2.30. The quantitative estimate of drug-likeness (QED) is 0.449. The van der Waals surface area contributed by atoms with E-state index < -0.39 is 11.7 Å². The molecule has 11 heteroatoms. The zero-order valence-electron chi connectivity index (χ0n) is 21.1. The van der Waals surface area contributed by atoms with E-state index in [1.165, 1.54) is 34.4 Å². The van der Waals surface area contributed by atoms with Crippen LogP contribution in [0.5, 0.6) is 0 Å². The number of hydrogen-bond donors (Lipinski definition) is 0. The number of amides is 1. The second-order valence-corrected chi connectivity index (χ2v) is 9.94. The Morgan fingerprint density at radius 3 is 2.30 bits per heavy atom. The summed E-state index contributed by atoms with van der Waals surface area (Å²) < 4.78 is 40.0. The van der Waals surface area contributed by atoms with Gasteiger partial charge in [-0.05, 0) is 50.6 Å². The Morgan fingerprint density at radius 1 is 1.11 bits per heavy atom. The third-order valence-corrected chi connectivity index (χ3v) is 8.07. The number of anilines is 1. The van der Waals surface area contributed by atoms with Crippen molar-refractivity contribution in [3.63, 3.8) is 0 Å². The third kappa shape index (κ3) is 5.36. The Morgan fingerprint density at radius 2 is 1.73 bits per heavy atom. The summed E-state index contributed by atoms with van der Waals surface area (Å²) in [6.07, 6.45) is -2.92. The molecule has 0 saturated carbocycles. The fourth-order valence-electron chi connectivity index (χ4n) is 4.61. The second-order valence-electron chi connectivity index (χ2n) is 8.95. The largest absolute Gasteiger partial charge is 0.416 e. The molecular formula is C26H30F3N5O2S. The molecule has 1 amide bonds. The van der Waals surface area contributed by atoms with Crippen LogP contribution in [-0.4, -0.2) is 64.5 Å². The molecule has 1 aliphatic heterocycles. The SMILES string of the molecule is C=C(c1sc2ncn(CC(=O)N(CC)CC)c(=O)c2c1C)N1CCN(c2ccc(C(F)(F)F)cc2)CC1. The van der Waals surface area contributed by atoms with E-state index in [0.29, 0.717) is 49.5 Å². The van der Waals surface area contributed by atoms with Crippen LogP contribution in [0.3, 0.4) is 0 Å². The Balaban J connectivity index is 1.48. The molecule has 3 heterocycles. The van der Waals surface area contributed by atoms with Gasteiger partial charge >= 0.3 is 6.18 Å². The molecule has 0 bridgehead atoms. The summed E-state index contributed by atoms with van der Waals surface area (Å²) in [5, 5.41) is 0.499. The minimum atomic E-state index is -4.35. The minimum absolute atomic E-state index is 0.0546. The van der Waals surface area contributed by atoms with Gasteiger partial charge in [0.15, 0.2) is 0 Å². The first-order valence-electron chi connectivity index (χ1n) is 12.2. The smallest absolute Gasteiger partial charge is 0.368 e. The van der Waals surface area contributed by atoms with E-state index >= 15 is 0 Å². The van der Waals surface area contributed by atoms with E-state index in [2.05, 4.69) is 21.4 Å². The number of alkyl halides is 3. The zero-order chi connectivity index (χ0) is 26.9. The number of carbonyl (C=O) groups excluding carboxylic acids is 1. The van der Waals surface area contributed by atoms with E-state index in [1.807, 2.05) is 20.8 Å². The van der Waals surface area contributed by atoms with Crippen LogP contribution in [0.1, 0.15) is 29.9 Å². The Kier molecular flexibility index (Phi) is 7.63. The van der Waals surface area contributed by atoms with E-state index in [1.54, 1.807) is 4.90 Å². The predicted molar refractivity (Wildman–Crippen MR) is 141 cm³/mol. The monoisotopic (exact) mass is 533 g/mol. The van der Waals surface area contributed by atoms with Crippen LogP contribution < -0.4 is 10.5 Å². The van der Waals surface area contributed by atoms with Gasteiger partial charge in [-0.3, -0.25) is 14.2 Å². The molecular weight excluding hydrogens is 503 g/mol. The molecule has 0 spiro atoms. The molecule has 0 unspecified atom stereocenters. The normalized spacial score (nSPS) is 14.3. The number of hydrogen-bond acceptors (Lipinski definition) is 6. The minimum Gasteiger partial charge on any atom is -0.368 e. The van der Waals surface area contributed by atoms with Gasteiger partial charge in [0.2, 0.25) is 5.91 Å². The number of nitrogens with zero attached hydrogens (tertiary/aromatic N) is 5. The Hall–Kier alpha value is -3.34. The lowest BCUT2D eigenvalue weighted by Gasteiger charge is -2.38. The molecule has 198 valence electrons. The summed E-state index contributed by atoms with van der Waals surface area (Å²) in [7, 11) is 0. The van der Waals surface area contributed by atoms with Crippen molar-refractivity contribution in [2.45, 2.75) is 33.5 Å². The maximum Gasteiger partial charge on any atom is 0.416 e. The number of rotatable bonds is 7. The molecule has 37 heavy (non-hydrogen) atoms. The maximum atomic E-state index is 13.2. The number of fused-ring (bicyclic) bond motifs is 1. The number of halogens is 3. The van der Waals surface area contributed by atoms with Crippen molar-refractivity contribution in [2.24, 2.45) is 0 Å². The fourth-order valence-corrected chi connectivity index (χ4v) is 5.75. The van der Waals surface area contributed by atoms with Crippen LogP contribution >= 0.6 is 11.3 Å². The fraction of sp³-hybridized carbons (Fsp3) is 0.423. The highest BCUT2D eigenvalue weighted by atomic mass is 32.1. The summed E-state index contributed by atoms with van der Waals surface area (Å²) >= 11 is 1.40. The number of aryl methyl sites for hydroxylation is 1. The van der Waals surface area contributed by atoms with Crippen molar-refractivity contribution in [3.8, 4) is 0 Å². The number of piperazine rings is 1. The molecule has 4 rings (SSSR count). The zero-order valence-corrected chi connectivity index (χ0v) is 22.0. The second kappa shape index (κ2) is 10.6. The summed E-state index contributed by atoms with van der Waals surface area (Å²) in [5.74, 6) is -0.128. The lowest BCUT2D eigenvalue weighted by atomic mass is 10.1. The number of likely N-dealkylation sites (N-methyl/N-ethyl adjacent to an activating group) is 1. The molecule has 0 N–H and O–H groups in total. The van der Waals surface area contributed by atoms with E-state index in [0.717, 1.165) is 34.0 Å². The number of thiophene rings is 1. The van der Waals surface area contributed by atoms with Crippen LogP contribution in [0.2, 0.25) is 0 Å². The van der Waals surface area contributed by atoms with Crippen molar-refractivity contribution in [3.05, 3.63) is 63.5 Å². The molecule has 2 aromatic heterocycles. The summed E-state index contributed by atoms with van der Waals surface area (Å²) in [6.45, 7) is 13.6. The molecule has 7 nitrogen and oxygen atoms in total. The van der Waals surface area contributed by atoms with Crippen molar-refractivity contribution in [1.82, 2.24) is 19.4 Å². The first-order chi connectivity index (χ1) is 17.5. The maximum absolute atomic E-state index is 13.2. The van der Waals surface area contributed by atoms with Crippen molar-refractivity contribution in [1.29, 1.82) is 0 Å². The molecule has 1 saturated heterocycles. The van der Waals surface area contributed by atoms with E-state index in [-0.39, 0.29) is 18.0 Å². The first kappa shape index (κ1) is 26.7. The van der Waals surface area contributed by atoms with Gasteiger partial charge in [-0.1, -0.05) is 6.58 Å². The molecule has 1 aliphatic rings. The van der Waals surface area contributed by atoms with Gasteiger partial charge < -0.3 is 14.7 Å². The Labute approximate surface area is 217 Å². The highest BCUT2D eigenvalue weighted by molar-refractivity contribution is 7.19. The van der Waals surface area contributed by atoms with Crippen LogP contribution in [0.15, 0.2) is 42.0 Å². The van der Waals surface area contributed by atoms with Crippen molar-refractivity contribution in [2.75, 3.05) is 44.2 Å². The molecule has 1 fully saturated rings. The van der Waals surface area contributed by atoms with Crippen molar-refractivity contribution < 1.29 is 18.0 Å². The number of benzene rings is 1. The van der Waals surface area contributed by atoms with Gasteiger partial charge in [-0.25, -0.2) is 4.98 Å². The summed E-state index contributed by atoms with van der Waals surface area (Å²) in [5.41, 5.74) is 1.43.